The third-order valence-electron chi connectivity index (χ3n) is 11.9. The molecule has 3 heterocycles. The Morgan fingerprint density at radius 3 is 2.32 bits per heavy atom. The van der Waals surface area contributed by atoms with Gasteiger partial charge in [0.05, 0.1) is 53.0 Å². The molecule has 3 aliphatic heterocycles. The van der Waals surface area contributed by atoms with Crippen LogP contribution >= 0.6 is 15.9 Å². The van der Waals surface area contributed by atoms with Gasteiger partial charge in [-0.3, -0.25) is 24.1 Å². The van der Waals surface area contributed by atoms with E-state index in [1.165, 1.54) is 11.8 Å². The summed E-state index contributed by atoms with van der Waals surface area (Å²) in [6.45, 7) is 8.53. The number of amides is 3. The summed E-state index contributed by atoms with van der Waals surface area (Å²) in [5.74, 6) is -0.528. The van der Waals surface area contributed by atoms with E-state index < -0.39 is 32.0 Å². The highest BCUT2D eigenvalue weighted by molar-refractivity contribution is 9.10. The number of anilines is 2. The van der Waals surface area contributed by atoms with Crippen molar-refractivity contribution in [2.24, 2.45) is 5.92 Å². The molecule has 0 bridgehead atoms. The maximum Gasteiger partial charge on any atom is 0.304 e. The Kier molecular flexibility index (Phi) is 11.5. The zero-order valence-corrected chi connectivity index (χ0v) is 35.4. The van der Waals surface area contributed by atoms with Gasteiger partial charge in [0.1, 0.15) is 5.75 Å². The number of halogens is 1. The minimum Gasteiger partial charge on any atom is -0.497 e. The van der Waals surface area contributed by atoms with Crippen LogP contribution in [0.15, 0.2) is 102 Å². The Bertz CT molecular complexity index is 2150. The molecule has 3 aliphatic rings. The lowest BCUT2D eigenvalue weighted by atomic mass is 9.82. The van der Waals surface area contributed by atoms with E-state index in [0.29, 0.717) is 12.2 Å². The van der Waals surface area contributed by atoms with Gasteiger partial charge < -0.3 is 29.1 Å². The first-order valence-electron chi connectivity index (χ1n) is 19.2. The summed E-state index contributed by atoms with van der Waals surface area (Å²) in [4.78, 5) is 58.6. The minimum absolute atomic E-state index is 0.0395. The summed E-state index contributed by atoms with van der Waals surface area (Å²) >= 11 is 3.67. The molecule has 1 N–H and O–H groups in total. The summed E-state index contributed by atoms with van der Waals surface area (Å²) in [6, 6.07) is 30.9. The highest BCUT2D eigenvalue weighted by Gasteiger charge is 2.66. The Labute approximate surface area is 342 Å². The average molecular weight is 855 g/mol. The van der Waals surface area contributed by atoms with E-state index in [-0.39, 0.29) is 61.7 Å². The number of benzene rings is 4. The SMILES string of the molecule is COc1ccc([Si](C)(C)[C@H]2[C@H](CC(=O)N(CCO)Cc3ccccc3)O[C@@]3(C(=O)N(Cc4ccc(N5C(=O)CC5OC(C)=O)cc4)c4ccc(Br)cc43)[C@@H]2C)cc1. The molecule has 2 saturated heterocycles. The number of hydrogen-bond donors (Lipinski definition) is 1. The van der Waals surface area contributed by atoms with E-state index in [2.05, 4.69) is 48.1 Å². The molecule has 0 radical (unpaired) electrons. The van der Waals surface area contributed by atoms with Crippen LogP contribution in [0.25, 0.3) is 0 Å². The molecule has 11 nitrogen and oxygen atoms in total. The van der Waals surface area contributed by atoms with Crippen molar-refractivity contribution in [3.05, 3.63) is 118 Å². The van der Waals surface area contributed by atoms with Crippen LogP contribution < -0.4 is 19.7 Å². The van der Waals surface area contributed by atoms with Crippen molar-refractivity contribution in [1.82, 2.24) is 4.90 Å². The van der Waals surface area contributed by atoms with Gasteiger partial charge in [0.2, 0.25) is 11.8 Å². The van der Waals surface area contributed by atoms with Gasteiger partial charge in [0.25, 0.3) is 5.91 Å². The Hall–Kier alpha value is -4.82. The van der Waals surface area contributed by atoms with Crippen LogP contribution in [0.5, 0.6) is 5.75 Å². The summed E-state index contributed by atoms with van der Waals surface area (Å²) in [5.41, 5.74) is 2.31. The zero-order chi connectivity index (χ0) is 40.6. The fourth-order valence-corrected chi connectivity index (χ4v) is 13.5. The van der Waals surface area contributed by atoms with Gasteiger partial charge in [-0.25, -0.2) is 0 Å². The lowest BCUT2D eigenvalue weighted by molar-refractivity contribution is -0.154. The second kappa shape index (κ2) is 16.2. The molecule has 1 spiro atoms. The van der Waals surface area contributed by atoms with Crippen LogP contribution in [-0.4, -0.2) is 74.4 Å². The average Bonchev–Trinajstić information content (AvgIpc) is 3.60. The first-order valence-corrected chi connectivity index (χ1v) is 23.1. The van der Waals surface area contributed by atoms with E-state index >= 15 is 4.79 Å². The molecule has 0 aliphatic carbocycles. The number of rotatable bonds is 13. The van der Waals surface area contributed by atoms with Gasteiger partial charge in [-0.05, 0) is 59.1 Å². The molecule has 1 unspecified atom stereocenters. The number of nitrogens with zero attached hydrogens (tertiary/aromatic N) is 3. The fourth-order valence-electron chi connectivity index (χ4n) is 9.09. The van der Waals surface area contributed by atoms with Crippen LogP contribution in [0.4, 0.5) is 11.4 Å². The van der Waals surface area contributed by atoms with Gasteiger partial charge in [-0.2, -0.15) is 0 Å². The summed E-state index contributed by atoms with van der Waals surface area (Å²) in [7, 11) is -0.902. The monoisotopic (exact) mass is 853 g/mol. The predicted molar refractivity (Wildman–Crippen MR) is 223 cm³/mol. The van der Waals surface area contributed by atoms with E-state index in [1.807, 2.05) is 72.8 Å². The number of β-lactam (4-membered cyclic amide) rings is 1. The third kappa shape index (κ3) is 7.53. The van der Waals surface area contributed by atoms with Crippen molar-refractivity contribution in [2.75, 3.05) is 30.1 Å². The standard InChI is InChI=1S/C44H48BrN3O8Si/c1-28-42(57(4,5)35-18-16-34(54-3)17-19-35)38(24-39(51)46(21-22-49)26-30-9-7-6-8-10-30)56-44(28)36-23-32(45)13-20-37(36)47(43(44)53)27-31-11-14-33(15-12-31)48-40(52)25-41(48)55-29(2)50/h6-20,23,28,38,41-42,49H,21-22,24-27H2,1-5H3/t28-,38+,41?,42-,44+/m1/s1. The van der Waals surface area contributed by atoms with Crippen LogP contribution in [-0.2, 0) is 47.3 Å². The van der Waals surface area contributed by atoms with Gasteiger partial charge in [0, 0.05) is 41.7 Å². The van der Waals surface area contributed by atoms with Crippen molar-refractivity contribution >= 4 is 64.3 Å². The van der Waals surface area contributed by atoms with Gasteiger partial charge in [-0.1, -0.05) is 95.7 Å². The molecule has 57 heavy (non-hydrogen) atoms. The van der Waals surface area contributed by atoms with Gasteiger partial charge >= 0.3 is 5.97 Å². The summed E-state index contributed by atoms with van der Waals surface area (Å²) in [5, 5.41) is 11.2. The van der Waals surface area contributed by atoms with Crippen molar-refractivity contribution in [1.29, 1.82) is 0 Å². The highest BCUT2D eigenvalue weighted by Crippen LogP contribution is 2.60. The van der Waals surface area contributed by atoms with Crippen LogP contribution in [0.1, 0.15) is 43.4 Å². The first-order chi connectivity index (χ1) is 27.3. The predicted octanol–water partition coefficient (Wildman–Crippen LogP) is 6.26. The van der Waals surface area contributed by atoms with Gasteiger partial charge in [-0.15, -0.1) is 0 Å². The van der Waals surface area contributed by atoms with E-state index in [0.717, 1.165) is 37.8 Å². The largest absolute Gasteiger partial charge is 0.497 e. The molecule has 2 fully saturated rings. The van der Waals surface area contributed by atoms with E-state index in [4.69, 9.17) is 14.2 Å². The normalized spacial score (nSPS) is 22.7. The number of carbonyl (C=O) groups excluding carboxylic acids is 4. The molecule has 4 aromatic rings. The lowest BCUT2D eigenvalue weighted by Crippen LogP contribution is -2.54. The molecule has 4 aromatic carbocycles. The fraction of sp³-hybridized carbons (Fsp3) is 0.364. The van der Waals surface area contributed by atoms with Crippen LogP contribution in [0.3, 0.4) is 0 Å². The Morgan fingerprint density at radius 2 is 1.68 bits per heavy atom. The number of fused-ring (bicyclic) bond motifs is 2. The van der Waals surface area contributed by atoms with E-state index in [9.17, 15) is 19.5 Å². The number of methoxy groups -OCH3 is 1. The number of hydrogen-bond acceptors (Lipinski definition) is 8. The maximum absolute atomic E-state index is 15.3. The number of aliphatic hydroxyl groups excluding tert-OH is 1. The summed E-state index contributed by atoms with van der Waals surface area (Å²) < 4.78 is 18.8. The number of carbonyl (C=O) groups is 4. The molecule has 7 rings (SSSR count). The second-order valence-corrected chi connectivity index (χ2v) is 21.2. The summed E-state index contributed by atoms with van der Waals surface area (Å²) in [6.07, 6.45) is -1.08. The van der Waals surface area contributed by atoms with Crippen molar-refractivity contribution in [3.63, 3.8) is 0 Å². The number of ether oxygens (including phenoxy) is 3. The molecule has 5 atom stereocenters. The first kappa shape index (κ1) is 40.4. The minimum atomic E-state index is -2.54. The van der Waals surface area contributed by atoms with Crippen molar-refractivity contribution < 1.29 is 38.5 Å². The smallest absolute Gasteiger partial charge is 0.304 e. The molecular formula is C44H48BrN3O8Si. The molecule has 0 aromatic heterocycles. The maximum atomic E-state index is 15.3. The molecule has 0 saturated carbocycles. The van der Waals surface area contributed by atoms with Crippen molar-refractivity contribution in [2.45, 2.75) is 76.3 Å². The lowest BCUT2D eigenvalue weighted by Gasteiger charge is -2.39. The van der Waals surface area contributed by atoms with Crippen molar-refractivity contribution in [3.8, 4) is 5.75 Å². The zero-order valence-electron chi connectivity index (χ0n) is 32.8. The Balaban J connectivity index is 1.24. The highest BCUT2D eigenvalue weighted by atomic mass is 79.9. The Morgan fingerprint density at radius 1 is 0.982 bits per heavy atom. The molecular weight excluding hydrogens is 806 g/mol. The molecule has 3 amide bonds. The molecule has 13 heteroatoms. The number of aliphatic hydroxyl groups is 1. The van der Waals surface area contributed by atoms with Crippen LogP contribution in [0.2, 0.25) is 18.6 Å². The molecule has 298 valence electrons. The van der Waals surface area contributed by atoms with Gasteiger partial charge in [0.15, 0.2) is 11.8 Å². The quantitative estimate of drug-likeness (QED) is 0.0951. The second-order valence-electron chi connectivity index (χ2n) is 15.6. The van der Waals surface area contributed by atoms with Crippen LogP contribution in [0, 0.1) is 5.92 Å². The number of esters is 1. The topological polar surface area (TPSA) is 126 Å². The third-order valence-corrected chi connectivity index (χ3v) is 16.7. The van der Waals surface area contributed by atoms with E-state index in [1.54, 1.807) is 29.0 Å².